The molecule has 3 atom stereocenters. The fourth-order valence-electron chi connectivity index (χ4n) is 5.06. The van der Waals surface area contributed by atoms with Crippen LogP contribution in [-0.4, -0.2) is 43.7 Å². The van der Waals surface area contributed by atoms with Crippen molar-refractivity contribution < 1.29 is 24.4 Å². The Hall–Kier alpha value is -3.19. The Labute approximate surface area is 167 Å². The molecule has 1 aromatic carbocycles. The summed E-state index contributed by atoms with van der Waals surface area (Å²) in [4.78, 5) is 25.8. The molecule has 2 aliphatic heterocycles. The summed E-state index contributed by atoms with van der Waals surface area (Å²) in [5.74, 6) is -1.96. The number of hydrogen-bond acceptors (Lipinski definition) is 3. The van der Waals surface area contributed by atoms with Crippen LogP contribution in [0.1, 0.15) is 18.9 Å². The van der Waals surface area contributed by atoms with Gasteiger partial charge in [-0.15, -0.1) is 0 Å². The van der Waals surface area contributed by atoms with Crippen molar-refractivity contribution in [2.24, 2.45) is 20.0 Å². The van der Waals surface area contributed by atoms with E-state index < -0.39 is 18.0 Å². The highest BCUT2D eigenvalue weighted by molar-refractivity contribution is 6.08. The first kappa shape index (κ1) is 17.9. The summed E-state index contributed by atoms with van der Waals surface area (Å²) in [7, 11) is 4.00. The molecule has 0 radical (unpaired) electrons. The number of benzene rings is 1. The molecule has 0 unspecified atom stereocenters. The van der Waals surface area contributed by atoms with Crippen molar-refractivity contribution in [3.05, 3.63) is 47.8 Å². The Balaban J connectivity index is 1.71. The molecule has 0 aliphatic carbocycles. The van der Waals surface area contributed by atoms with Gasteiger partial charge >= 0.3 is 5.97 Å². The third kappa shape index (κ3) is 2.25. The lowest BCUT2D eigenvalue weighted by Gasteiger charge is -2.44. The monoisotopic (exact) mass is 392 g/mol. The van der Waals surface area contributed by atoms with Gasteiger partial charge in [0.25, 0.3) is 0 Å². The van der Waals surface area contributed by atoms with Crippen LogP contribution in [0.5, 0.6) is 0 Å². The summed E-state index contributed by atoms with van der Waals surface area (Å²) in [5.41, 5.74) is 4.72. The van der Waals surface area contributed by atoms with Gasteiger partial charge in [0.05, 0.1) is 29.0 Å². The first-order chi connectivity index (χ1) is 13.8. The Morgan fingerprint density at radius 1 is 1.28 bits per heavy atom. The number of aliphatic carboxylic acids is 1. The molecule has 0 spiro atoms. The minimum atomic E-state index is -1.11. The van der Waals surface area contributed by atoms with Crippen LogP contribution in [0.25, 0.3) is 27.5 Å². The lowest BCUT2D eigenvalue weighted by Crippen LogP contribution is -2.61. The highest BCUT2D eigenvalue weighted by Crippen LogP contribution is 2.47. The van der Waals surface area contributed by atoms with E-state index in [1.54, 1.807) is 6.92 Å². The molecule has 3 aromatic rings. The van der Waals surface area contributed by atoms with Crippen LogP contribution in [0.3, 0.4) is 0 Å². The number of β-lactam (4-membered cyclic amide) rings is 1. The molecular weight excluding hydrogens is 370 g/mol. The number of aliphatic hydroxyl groups excluding tert-OH is 1. The predicted octanol–water partition coefficient (Wildman–Crippen LogP) is 1.56. The Kier molecular flexibility index (Phi) is 3.64. The lowest BCUT2D eigenvalue weighted by molar-refractivity contribution is -0.644. The fourth-order valence-corrected chi connectivity index (χ4v) is 5.06. The summed E-state index contributed by atoms with van der Waals surface area (Å²) < 4.78 is 4.18. The number of hydrogen-bond donors (Lipinski definition) is 2. The topological polar surface area (TPSA) is 86.7 Å². The second-order valence-electron chi connectivity index (χ2n) is 8.02. The quantitative estimate of drug-likeness (QED) is 0.523. The molecule has 148 valence electrons. The molecule has 2 N–H and O–H groups in total. The number of carbonyl (C=O) groups excluding carboxylic acids is 1. The number of pyridine rings is 1. The van der Waals surface area contributed by atoms with E-state index in [4.69, 9.17) is 0 Å². The molecule has 0 saturated carbocycles. The normalized spacial score (nSPS) is 22.3. The van der Waals surface area contributed by atoms with Crippen LogP contribution >= 0.6 is 0 Å². The molecule has 2 aromatic heterocycles. The number of carboxylic acids is 1. The van der Waals surface area contributed by atoms with Crippen LogP contribution in [0.15, 0.2) is 42.2 Å². The number of aryl methyl sites for hydroxylation is 2. The average Bonchev–Trinajstić information content (AvgIpc) is 3.15. The molecule has 7 nitrogen and oxygen atoms in total. The maximum atomic E-state index is 12.5. The van der Waals surface area contributed by atoms with Gasteiger partial charge in [0.1, 0.15) is 18.3 Å². The molecule has 7 heteroatoms. The maximum Gasteiger partial charge on any atom is 0.352 e. The summed E-state index contributed by atoms with van der Waals surface area (Å²) in [5, 5.41) is 20.8. The second kappa shape index (κ2) is 5.90. The van der Waals surface area contributed by atoms with Crippen LogP contribution in [0.2, 0.25) is 0 Å². The van der Waals surface area contributed by atoms with E-state index >= 15 is 0 Å². The number of aromatic nitrogens is 2. The van der Waals surface area contributed by atoms with Gasteiger partial charge in [-0.25, -0.2) is 4.79 Å². The van der Waals surface area contributed by atoms with Crippen molar-refractivity contribution in [2.75, 3.05) is 0 Å². The van der Waals surface area contributed by atoms with Crippen molar-refractivity contribution in [3.63, 3.8) is 0 Å². The van der Waals surface area contributed by atoms with Crippen molar-refractivity contribution >= 4 is 39.4 Å². The van der Waals surface area contributed by atoms with E-state index in [2.05, 4.69) is 15.2 Å². The smallest absolute Gasteiger partial charge is 0.352 e. The first-order valence-corrected chi connectivity index (χ1v) is 9.66. The van der Waals surface area contributed by atoms with Gasteiger partial charge in [-0.2, -0.15) is 4.57 Å². The molecule has 1 saturated heterocycles. The molecule has 5 rings (SSSR count). The van der Waals surface area contributed by atoms with E-state index in [9.17, 15) is 19.8 Å². The summed E-state index contributed by atoms with van der Waals surface area (Å²) in [6.45, 7) is 1.58. The van der Waals surface area contributed by atoms with Crippen LogP contribution < -0.4 is 4.57 Å². The van der Waals surface area contributed by atoms with E-state index in [1.807, 2.05) is 44.6 Å². The zero-order valence-electron chi connectivity index (χ0n) is 16.5. The largest absolute Gasteiger partial charge is 0.477 e. The molecule has 4 heterocycles. The molecule has 1 amide bonds. The standard InChI is InChI=1S/C22H21N3O4/c1-11(26)18-17-10-13(20(22(28)29)25(17)21(18)27)12-6-7-15-14(9-12)19-16(24(15)3)5-4-8-23(19)2/h4-9,11,17-18,26H,10H2,1-3H3/p+1/t11-,17-,18-/m1/s1. The first-order valence-electron chi connectivity index (χ1n) is 9.66. The van der Waals surface area contributed by atoms with Gasteiger partial charge in [0.15, 0.2) is 6.20 Å². The Morgan fingerprint density at radius 3 is 2.72 bits per heavy atom. The summed E-state index contributed by atoms with van der Waals surface area (Å²) in [6.07, 6.45) is 1.63. The molecule has 0 bridgehead atoms. The van der Waals surface area contributed by atoms with Crippen molar-refractivity contribution in [1.82, 2.24) is 9.47 Å². The van der Waals surface area contributed by atoms with E-state index in [0.717, 1.165) is 27.5 Å². The van der Waals surface area contributed by atoms with Gasteiger partial charge in [-0.05, 0) is 42.7 Å². The number of rotatable bonds is 3. The van der Waals surface area contributed by atoms with Crippen molar-refractivity contribution in [1.29, 1.82) is 0 Å². The average molecular weight is 392 g/mol. The van der Waals surface area contributed by atoms with Gasteiger partial charge < -0.3 is 19.7 Å². The lowest BCUT2D eigenvalue weighted by atomic mass is 9.82. The Bertz CT molecular complexity index is 1250. The van der Waals surface area contributed by atoms with Crippen LogP contribution in [0.4, 0.5) is 0 Å². The van der Waals surface area contributed by atoms with Crippen LogP contribution in [-0.2, 0) is 23.7 Å². The molecule has 29 heavy (non-hydrogen) atoms. The van der Waals surface area contributed by atoms with Crippen molar-refractivity contribution in [3.8, 4) is 0 Å². The van der Waals surface area contributed by atoms with Gasteiger partial charge in [0, 0.05) is 13.1 Å². The van der Waals surface area contributed by atoms with Gasteiger partial charge in [-0.3, -0.25) is 4.79 Å². The van der Waals surface area contributed by atoms with Crippen LogP contribution in [0, 0.1) is 5.92 Å². The minimum Gasteiger partial charge on any atom is -0.477 e. The Morgan fingerprint density at radius 2 is 2.03 bits per heavy atom. The highest BCUT2D eigenvalue weighted by atomic mass is 16.4. The molecule has 2 aliphatic rings. The number of amides is 1. The molecular formula is C22H22N3O4+. The SMILES string of the molecule is C[C@@H](O)[C@H]1C(=O)N2C(C(=O)O)=C(c3ccc4c(c3)c3c(ccc[n+]3C)n4C)C[C@H]12. The predicted molar refractivity (Wildman–Crippen MR) is 107 cm³/mol. The number of fused-ring (bicyclic) bond motifs is 4. The maximum absolute atomic E-state index is 12.5. The number of aliphatic hydroxyl groups is 1. The zero-order valence-corrected chi connectivity index (χ0v) is 16.5. The number of carbonyl (C=O) groups is 2. The highest BCUT2D eigenvalue weighted by Gasteiger charge is 2.56. The number of carboxylic acid groups (broad SMARTS) is 1. The zero-order chi connectivity index (χ0) is 20.6. The minimum absolute atomic E-state index is 0.0425. The van der Waals surface area contributed by atoms with Crippen molar-refractivity contribution in [2.45, 2.75) is 25.5 Å². The van der Waals surface area contributed by atoms with E-state index in [0.29, 0.717) is 12.0 Å². The summed E-state index contributed by atoms with van der Waals surface area (Å²) >= 11 is 0. The third-order valence-electron chi connectivity index (χ3n) is 6.41. The van der Waals surface area contributed by atoms with E-state index in [1.165, 1.54) is 4.90 Å². The van der Waals surface area contributed by atoms with Gasteiger partial charge in [-0.1, -0.05) is 6.07 Å². The second-order valence-corrected chi connectivity index (χ2v) is 8.02. The molecule has 1 fully saturated rings. The third-order valence-corrected chi connectivity index (χ3v) is 6.41. The summed E-state index contributed by atoms with van der Waals surface area (Å²) in [6, 6.07) is 9.71. The van der Waals surface area contributed by atoms with E-state index in [-0.39, 0.29) is 17.6 Å². The van der Waals surface area contributed by atoms with Gasteiger partial charge in [0.2, 0.25) is 11.4 Å². The number of nitrogens with zero attached hydrogens (tertiary/aromatic N) is 3. The fraction of sp³-hybridized carbons (Fsp3) is 0.318.